The SMILES string of the molecule is CN(C)C(=O)c1cccc(NC(=O)c2cnn(-c3ccccc3)n2)c1. The van der Waals surface area contributed by atoms with Gasteiger partial charge in [0.05, 0.1) is 11.9 Å². The van der Waals surface area contributed by atoms with Crippen LogP contribution in [0.15, 0.2) is 60.8 Å². The lowest BCUT2D eigenvalue weighted by molar-refractivity contribution is 0.0827. The van der Waals surface area contributed by atoms with Crippen LogP contribution < -0.4 is 5.32 Å². The maximum atomic E-state index is 12.4. The number of nitrogens with zero attached hydrogens (tertiary/aromatic N) is 4. The van der Waals surface area contributed by atoms with Crippen molar-refractivity contribution in [3.63, 3.8) is 0 Å². The van der Waals surface area contributed by atoms with Crippen LogP contribution in [0.3, 0.4) is 0 Å². The quantitative estimate of drug-likeness (QED) is 0.793. The average Bonchev–Trinajstić information content (AvgIpc) is 3.12. The summed E-state index contributed by atoms with van der Waals surface area (Å²) in [5.74, 6) is -0.525. The monoisotopic (exact) mass is 335 g/mol. The first kappa shape index (κ1) is 16.4. The second-order valence-electron chi connectivity index (χ2n) is 5.59. The highest BCUT2D eigenvalue weighted by atomic mass is 16.2. The van der Waals surface area contributed by atoms with Crippen LogP contribution in [0.25, 0.3) is 5.69 Å². The van der Waals surface area contributed by atoms with E-state index in [2.05, 4.69) is 15.5 Å². The van der Waals surface area contributed by atoms with E-state index in [-0.39, 0.29) is 11.6 Å². The molecule has 0 aliphatic carbocycles. The highest BCUT2D eigenvalue weighted by molar-refractivity contribution is 6.03. The summed E-state index contributed by atoms with van der Waals surface area (Å²) in [6.45, 7) is 0. The van der Waals surface area contributed by atoms with Crippen molar-refractivity contribution in [1.29, 1.82) is 0 Å². The molecule has 0 bridgehead atoms. The molecule has 0 aliphatic rings. The molecular weight excluding hydrogens is 318 g/mol. The lowest BCUT2D eigenvalue weighted by Crippen LogP contribution is -2.22. The molecule has 1 aromatic heterocycles. The summed E-state index contributed by atoms with van der Waals surface area (Å²) < 4.78 is 0. The summed E-state index contributed by atoms with van der Waals surface area (Å²) in [6.07, 6.45) is 1.40. The smallest absolute Gasteiger partial charge is 0.277 e. The first-order valence-corrected chi connectivity index (χ1v) is 7.65. The average molecular weight is 335 g/mol. The topological polar surface area (TPSA) is 80.1 Å². The molecule has 3 rings (SSSR count). The van der Waals surface area contributed by atoms with Crippen molar-refractivity contribution in [3.8, 4) is 5.69 Å². The van der Waals surface area contributed by atoms with Crippen LogP contribution in [-0.2, 0) is 0 Å². The normalized spacial score (nSPS) is 10.3. The Morgan fingerprint density at radius 2 is 1.80 bits per heavy atom. The minimum absolute atomic E-state index is 0.133. The van der Waals surface area contributed by atoms with E-state index < -0.39 is 5.91 Å². The van der Waals surface area contributed by atoms with E-state index in [1.807, 2.05) is 30.3 Å². The number of para-hydroxylation sites is 1. The van der Waals surface area contributed by atoms with E-state index in [1.165, 1.54) is 15.9 Å². The molecule has 0 fully saturated rings. The maximum absolute atomic E-state index is 12.4. The predicted molar refractivity (Wildman–Crippen MR) is 93.8 cm³/mol. The molecule has 25 heavy (non-hydrogen) atoms. The third kappa shape index (κ3) is 3.72. The number of benzene rings is 2. The van der Waals surface area contributed by atoms with Gasteiger partial charge in [-0.05, 0) is 30.3 Å². The first-order chi connectivity index (χ1) is 12.0. The Kier molecular flexibility index (Phi) is 4.56. The molecule has 0 radical (unpaired) electrons. The van der Waals surface area contributed by atoms with E-state index in [4.69, 9.17) is 0 Å². The van der Waals surface area contributed by atoms with Crippen molar-refractivity contribution in [2.45, 2.75) is 0 Å². The molecule has 126 valence electrons. The zero-order valence-corrected chi connectivity index (χ0v) is 13.9. The van der Waals surface area contributed by atoms with Gasteiger partial charge in [0.2, 0.25) is 0 Å². The van der Waals surface area contributed by atoms with Gasteiger partial charge in [0.25, 0.3) is 11.8 Å². The summed E-state index contributed by atoms with van der Waals surface area (Å²) in [6, 6.07) is 16.1. The van der Waals surface area contributed by atoms with E-state index in [0.717, 1.165) is 5.69 Å². The van der Waals surface area contributed by atoms with Crippen LogP contribution in [0.1, 0.15) is 20.8 Å². The standard InChI is InChI=1S/C18H17N5O2/c1-22(2)18(25)13-7-6-8-14(11-13)20-17(24)16-12-19-23(21-16)15-9-4-3-5-10-15/h3-12H,1-2H3,(H,20,24). The second-order valence-corrected chi connectivity index (χ2v) is 5.59. The van der Waals surface area contributed by atoms with Gasteiger partial charge in [0, 0.05) is 25.3 Å². The van der Waals surface area contributed by atoms with Gasteiger partial charge < -0.3 is 10.2 Å². The number of carbonyl (C=O) groups excluding carboxylic acids is 2. The number of nitrogens with one attached hydrogen (secondary N) is 1. The first-order valence-electron chi connectivity index (χ1n) is 7.65. The summed E-state index contributed by atoms with van der Waals surface area (Å²) in [7, 11) is 3.35. The summed E-state index contributed by atoms with van der Waals surface area (Å²) >= 11 is 0. The van der Waals surface area contributed by atoms with Gasteiger partial charge in [-0.1, -0.05) is 24.3 Å². The van der Waals surface area contributed by atoms with Crippen molar-refractivity contribution in [1.82, 2.24) is 19.9 Å². The number of aromatic nitrogens is 3. The number of hydrogen-bond acceptors (Lipinski definition) is 4. The minimum atomic E-state index is -0.392. The lowest BCUT2D eigenvalue weighted by atomic mass is 10.2. The van der Waals surface area contributed by atoms with Crippen LogP contribution >= 0.6 is 0 Å². The molecular formula is C18H17N5O2. The van der Waals surface area contributed by atoms with Crippen molar-refractivity contribution < 1.29 is 9.59 Å². The summed E-state index contributed by atoms with van der Waals surface area (Å²) in [4.78, 5) is 27.2. The minimum Gasteiger partial charge on any atom is -0.345 e. The van der Waals surface area contributed by atoms with Crippen molar-refractivity contribution >= 4 is 17.5 Å². The van der Waals surface area contributed by atoms with Gasteiger partial charge in [-0.25, -0.2) is 0 Å². The maximum Gasteiger partial charge on any atom is 0.277 e. The van der Waals surface area contributed by atoms with Crippen molar-refractivity contribution in [3.05, 3.63) is 72.1 Å². The molecule has 0 atom stereocenters. The highest BCUT2D eigenvalue weighted by Crippen LogP contribution is 2.13. The molecule has 7 nitrogen and oxygen atoms in total. The van der Waals surface area contributed by atoms with Crippen LogP contribution in [0.4, 0.5) is 5.69 Å². The molecule has 1 heterocycles. The Hall–Kier alpha value is -3.48. The molecule has 7 heteroatoms. The molecule has 3 aromatic rings. The third-order valence-electron chi connectivity index (χ3n) is 3.49. The molecule has 2 amide bonds. The Morgan fingerprint density at radius 3 is 2.52 bits per heavy atom. The largest absolute Gasteiger partial charge is 0.345 e. The predicted octanol–water partition coefficient (Wildman–Crippen LogP) is 2.22. The molecule has 0 unspecified atom stereocenters. The fraction of sp³-hybridized carbons (Fsp3) is 0.111. The van der Waals surface area contributed by atoms with Gasteiger partial charge >= 0.3 is 0 Å². The Bertz CT molecular complexity index is 903. The zero-order chi connectivity index (χ0) is 17.8. The van der Waals surface area contributed by atoms with E-state index in [0.29, 0.717) is 11.3 Å². The van der Waals surface area contributed by atoms with Crippen molar-refractivity contribution in [2.24, 2.45) is 0 Å². The molecule has 0 spiro atoms. The fourth-order valence-electron chi connectivity index (χ4n) is 2.24. The van der Waals surface area contributed by atoms with Crippen LogP contribution in [0.2, 0.25) is 0 Å². The molecule has 0 aliphatic heterocycles. The highest BCUT2D eigenvalue weighted by Gasteiger charge is 2.13. The van der Waals surface area contributed by atoms with Gasteiger partial charge in [-0.15, -0.1) is 5.10 Å². The molecule has 0 saturated heterocycles. The summed E-state index contributed by atoms with van der Waals surface area (Å²) in [5.41, 5.74) is 1.97. The van der Waals surface area contributed by atoms with Gasteiger partial charge in [-0.2, -0.15) is 9.90 Å². The number of anilines is 1. The zero-order valence-electron chi connectivity index (χ0n) is 13.9. The summed E-state index contributed by atoms with van der Waals surface area (Å²) in [5, 5.41) is 11.0. The molecule has 1 N–H and O–H groups in total. The Balaban J connectivity index is 1.76. The van der Waals surface area contributed by atoms with Gasteiger partial charge in [0.15, 0.2) is 5.69 Å². The molecule has 2 aromatic carbocycles. The van der Waals surface area contributed by atoms with Crippen molar-refractivity contribution in [2.75, 3.05) is 19.4 Å². The molecule has 0 saturated carbocycles. The number of amides is 2. The number of hydrogen-bond donors (Lipinski definition) is 1. The van der Waals surface area contributed by atoms with E-state index in [1.54, 1.807) is 38.4 Å². The van der Waals surface area contributed by atoms with E-state index in [9.17, 15) is 9.59 Å². The Labute approximate surface area is 144 Å². The number of carbonyl (C=O) groups is 2. The third-order valence-corrected chi connectivity index (χ3v) is 3.49. The van der Waals surface area contributed by atoms with Crippen LogP contribution in [0.5, 0.6) is 0 Å². The van der Waals surface area contributed by atoms with Gasteiger partial charge in [0.1, 0.15) is 0 Å². The fourth-order valence-corrected chi connectivity index (χ4v) is 2.24. The Morgan fingerprint density at radius 1 is 1.04 bits per heavy atom. The van der Waals surface area contributed by atoms with E-state index >= 15 is 0 Å². The van der Waals surface area contributed by atoms with Crippen LogP contribution in [-0.4, -0.2) is 45.8 Å². The second kappa shape index (κ2) is 6.96. The van der Waals surface area contributed by atoms with Crippen LogP contribution in [0, 0.1) is 0 Å². The lowest BCUT2D eigenvalue weighted by Gasteiger charge is -2.11. The van der Waals surface area contributed by atoms with Gasteiger partial charge in [-0.3, -0.25) is 9.59 Å². The number of rotatable bonds is 4.